The van der Waals surface area contributed by atoms with E-state index in [0.29, 0.717) is 23.1 Å². The first kappa shape index (κ1) is 23.3. The average molecular weight is 525 g/mol. The first-order chi connectivity index (χ1) is 17.3. The van der Waals surface area contributed by atoms with Crippen molar-refractivity contribution in [1.29, 1.82) is 0 Å². The Morgan fingerprint density at radius 1 is 0.944 bits per heavy atom. The van der Waals surface area contributed by atoms with Crippen molar-refractivity contribution in [1.82, 2.24) is 10.0 Å². The maximum Gasteiger partial charge on any atom is 0.273 e. The molecule has 9 heteroatoms. The third-order valence-corrected chi connectivity index (χ3v) is 8.71. The van der Waals surface area contributed by atoms with E-state index < -0.39 is 41.9 Å². The molecule has 2 aromatic rings. The highest BCUT2D eigenvalue weighted by atomic mass is 35.5. The van der Waals surface area contributed by atoms with Crippen molar-refractivity contribution in [2.24, 2.45) is 35.5 Å². The van der Waals surface area contributed by atoms with E-state index in [4.69, 9.17) is 27.9 Å². The second-order valence-electron chi connectivity index (χ2n) is 9.79. The number of ether oxygens (including phenoxy) is 1. The van der Waals surface area contributed by atoms with E-state index in [-0.39, 0.29) is 27.4 Å². The Balaban J connectivity index is 1.37. The molecule has 2 aromatic carbocycles. The third-order valence-electron chi connectivity index (χ3n) is 7.97. The van der Waals surface area contributed by atoms with E-state index in [1.54, 1.807) is 24.3 Å². The zero-order valence-electron chi connectivity index (χ0n) is 19.3. The van der Waals surface area contributed by atoms with Gasteiger partial charge >= 0.3 is 0 Å². The fraction of sp³-hybridized carbons (Fsp3) is 0.333. The number of methoxy groups -OCH3 is 1. The fourth-order valence-corrected chi connectivity index (χ4v) is 6.51. The number of Topliss-reactive ketones (excluding diaryl/α,β-unsaturated/α-hetero) is 1. The van der Waals surface area contributed by atoms with E-state index >= 15 is 0 Å². The van der Waals surface area contributed by atoms with Crippen molar-refractivity contribution in [3.05, 3.63) is 75.8 Å². The number of nitrogens with zero attached hydrogens (tertiary/aromatic N) is 2. The number of carbonyl (C=O) groups is 4. The second kappa shape index (κ2) is 8.46. The van der Waals surface area contributed by atoms with Crippen LogP contribution in [-0.4, -0.2) is 47.2 Å². The van der Waals surface area contributed by atoms with Crippen LogP contribution in [0.2, 0.25) is 10.0 Å². The molecular weight excluding hydrogens is 503 g/mol. The van der Waals surface area contributed by atoms with Gasteiger partial charge in [0.25, 0.3) is 17.7 Å². The fourth-order valence-electron chi connectivity index (χ4n) is 6.21. The van der Waals surface area contributed by atoms with E-state index in [2.05, 4.69) is 12.2 Å². The zero-order valence-corrected chi connectivity index (χ0v) is 20.8. The molecule has 1 heterocycles. The Morgan fingerprint density at radius 3 is 2.22 bits per heavy atom. The molecule has 6 atom stereocenters. The van der Waals surface area contributed by atoms with Crippen molar-refractivity contribution in [3.8, 4) is 5.75 Å². The molecule has 0 aromatic heterocycles. The van der Waals surface area contributed by atoms with Gasteiger partial charge in [0.15, 0.2) is 5.78 Å². The predicted molar refractivity (Wildman–Crippen MR) is 131 cm³/mol. The first-order valence-corrected chi connectivity index (χ1v) is 12.6. The van der Waals surface area contributed by atoms with Crippen LogP contribution >= 0.6 is 23.2 Å². The number of amides is 3. The van der Waals surface area contributed by atoms with E-state index in [0.717, 1.165) is 16.4 Å². The summed E-state index contributed by atoms with van der Waals surface area (Å²) >= 11 is 12.2. The van der Waals surface area contributed by atoms with Crippen LogP contribution in [0.5, 0.6) is 5.75 Å². The highest BCUT2D eigenvalue weighted by Crippen LogP contribution is 2.65. The number of allylic oxidation sites excluding steroid dienone is 2. The lowest BCUT2D eigenvalue weighted by Gasteiger charge is -2.37. The minimum Gasteiger partial charge on any atom is -0.497 e. The zero-order chi connectivity index (χ0) is 25.3. The van der Waals surface area contributed by atoms with Gasteiger partial charge in [-0.2, -0.15) is 5.01 Å². The Bertz CT molecular complexity index is 1320. The number of imide groups is 1. The standard InChI is InChI=1S/C27H22Cl2N2O5/c1-36-15-4-2-3-13(9-15)22(32)12-30(25(33)14-5-8-20(28)21(29)10-14)31-26(34)23-16-6-7-17(19-11-18(16)19)24(23)27(31)35/h2-10,16-19,23-24H,11-12H2,1H3/t16-,17-,18-,19-,23+,24+/m0/s1. The number of hydrogen-bond donors (Lipinski definition) is 0. The van der Waals surface area contributed by atoms with Gasteiger partial charge < -0.3 is 4.74 Å². The van der Waals surface area contributed by atoms with Crippen molar-refractivity contribution in [2.75, 3.05) is 13.7 Å². The molecule has 1 saturated heterocycles. The predicted octanol–water partition coefficient (Wildman–Crippen LogP) is 4.30. The van der Waals surface area contributed by atoms with Crippen LogP contribution in [0.3, 0.4) is 0 Å². The molecule has 7 nitrogen and oxygen atoms in total. The number of carbonyl (C=O) groups excluding carboxylic acids is 4. The number of rotatable bonds is 6. The van der Waals surface area contributed by atoms with Gasteiger partial charge in [-0.05, 0) is 60.4 Å². The first-order valence-electron chi connectivity index (χ1n) is 11.8. The van der Waals surface area contributed by atoms with Crippen LogP contribution in [0, 0.1) is 35.5 Å². The van der Waals surface area contributed by atoms with Gasteiger partial charge in [0.2, 0.25) is 0 Å². The van der Waals surface area contributed by atoms with Crippen LogP contribution in [-0.2, 0) is 9.59 Å². The van der Waals surface area contributed by atoms with E-state index in [1.807, 2.05) is 0 Å². The van der Waals surface area contributed by atoms with Crippen LogP contribution in [0.25, 0.3) is 0 Å². The Kier molecular flexibility index (Phi) is 5.46. The Hall–Kier alpha value is -3.16. The van der Waals surface area contributed by atoms with Crippen molar-refractivity contribution >= 4 is 46.7 Å². The molecule has 2 saturated carbocycles. The molecule has 0 radical (unpaired) electrons. The smallest absolute Gasteiger partial charge is 0.273 e. The summed E-state index contributed by atoms with van der Waals surface area (Å²) in [6.45, 7) is -0.501. The highest BCUT2D eigenvalue weighted by Gasteiger charge is 2.68. The lowest BCUT2D eigenvalue weighted by Crippen LogP contribution is -2.52. The SMILES string of the molecule is COc1cccc(C(=O)CN(C(=O)c2ccc(Cl)c(Cl)c2)N2C(=O)[C@@H]3[C@H]4C=C[C@@H]([C@@H]5C[C@@H]45)[C@H]3C2=O)c1. The summed E-state index contributed by atoms with van der Waals surface area (Å²) in [5.41, 5.74) is 0.406. The molecule has 1 aliphatic heterocycles. The van der Waals surface area contributed by atoms with Gasteiger partial charge in [-0.25, -0.2) is 5.01 Å². The molecule has 184 valence electrons. The summed E-state index contributed by atoms with van der Waals surface area (Å²) in [4.78, 5) is 54.5. The number of ketones is 1. The third kappa shape index (κ3) is 3.48. The highest BCUT2D eigenvalue weighted by molar-refractivity contribution is 6.42. The number of halogens is 2. The number of hydrogen-bond acceptors (Lipinski definition) is 5. The summed E-state index contributed by atoms with van der Waals surface area (Å²) in [6, 6.07) is 10.8. The van der Waals surface area contributed by atoms with Gasteiger partial charge in [-0.1, -0.05) is 47.5 Å². The van der Waals surface area contributed by atoms with Crippen LogP contribution in [0.15, 0.2) is 54.6 Å². The Labute approximate surface area is 217 Å². The quantitative estimate of drug-likeness (QED) is 0.319. The molecule has 5 aliphatic rings. The summed E-state index contributed by atoms with van der Waals surface area (Å²) in [5.74, 6) is -1.72. The molecule has 0 N–H and O–H groups in total. The molecule has 0 unspecified atom stereocenters. The Morgan fingerprint density at radius 2 is 1.61 bits per heavy atom. The number of hydrazine groups is 1. The van der Waals surface area contributed by atoms with E-state index in [9.17, 15) is 19.2 Å². The van der Waals surface area contributed by atoms with Gasteiger partial charge in [0.05, 0.1) is 29.0 Å². The summed E-state index contributed by atoms with van der Waals surface area (Å²) in [7, 11) is 1.49. The summed E-state index contributed by atoms with van der Waals surface area (Å²) < 4.78 is 5.21. The van der Waals surface area contributed by atoms with Gasteiger partial charge in [0, 0.05) is 11.1 Å². The van der Waals surface area contributed by atoms with Crippen LogP contribution < -0.4 is 4.74 Å². The van der Waals surface area contributed by atoms with Crippen molar-refractivity contribution < 1.29 is 23.9 Å². The number of benzene rings is 2. The van der Waals surface area contributed by atoms with E-state index in [1.165, 1.54) is 25.3 Å². The lowest BCUT2D eigenvalue weighted by atomic mass is 9.63. The molecule has 0 spiro atoms. The molecule has 7 rings (SSSR count). The minimum absolute atomic E-state index is 0.0116. The van der Waals surface area contributed by atoms with Crippen molar-refractivity contribution in [2.45, 2.75) is 6.42 Å². The monoisotopic (exact) mass is 524 g/mol. The molecule has 2 bridgehead atoms. The maximum absolute atomic E-state index is 13.7. The topological polar surface area (TPSA) is 84.0 Å². The average Bonchev–Trinajstić information content (AvgIpc) is 3.67. The lowest BCUT2D eigenvalue weighted by molar-refractivity contribution is -0.154. The molecule has 4 aliphatic carbocycles. The molecule has 36 heavy (non-hydrogen) atoms. The van der Waals surface area contributed by atoms with Crippen LogP contribution in [0.4, 0.5) is 0 Å². The largest absolute Gasteiger partial charge is 0.497 e. The maximum atomic E-state index is 13.7. The summed E-state index contributed by atoms with van der Waals surface area (Å²) in [5, 5.41) is 2.29. The van der Waals surface area contributed by atoms with Crippen molar-refractivity contribution in [3.63, 3.8) is 0 Å². The van der Waals surface area contributed by atoms with Gasteiger partial charge in [0.1, 0.15) is 12.3 Å². The second-order valence-corrected chi connectivity index (χ2v) is 10.6. The normalized spacial score (nSPS) is 29.1. The molecule has 3 fully saturated rings. The van der Waals surface area contributed by atoms with Gasteiger partial charge in [-0.3, -0.25) is 19.2 Å². The minimum atomic E-state index is -0.685. The summed E-state index contributed by atoms with van der Waals surface area (Å²) in [6.07, 6.45) is 5.14. The van der Waals surface area contributed by atoms with Crippen LogP contribution in [0.1, 0.15) is 27.1 Å². The molecule has 3 amide bonds. The van der Waals surface area contributed by atoms with Gasteiger partial charge in [-0.15, -0.1) is 0 Å². The molecular formula is C27H22Cl2N2O5.